The van der Waals surface area contributed by atoms with Gasteiger partial charge in [0.2, 0.25) is 5.82 Å². The Morgan fingerprint density at radius 1 is 1.29 bits per heavy atom. The molecule has 0 radical (unpaired) electrons. The molecule has 0 aliphatic carbocycles. The Morgan fingerprint density at radius 3 is 2.95 bits per heavy atom. The summed E-state index contributed by atoms with van der Waals surface area (Å²) in [4.78, 5) is 13.7. The van der Waals surface area contributed by atoms with Gasteiger partial charge in [-0.25, -0.2) is 0 Å². The first-order valence-corrected chi connectivity index (χ1v) is 7.37. The molecule has 0 saturated carbocycles. The lowest BCUT2D eigenvalue weighted by Crippen LogP contribution is -2.16. The lowest BCUT2D eigenvalue weighted by Gasteiger charge is -2.18. The van der Waals surface area contributed by atoms with Crippen molar-refractivity contribution in [3.63, 3.8) is 0 Å². The van der Waals surface area contributed by atoms with E-state index in [1.807, 2.05) is 24.3 Å². The van der Waals surface area contributed by atoms with Crippen molar-refractivity contribution in [2.45, 2.75) is 17.6 Å². The van der Waals surface area contributed by atoms with E-state index in [9.17, 15) is 4.79 Å². The smallest absolute Gasteiger partial charge is 0.240 e. The predicted molar refractivity (Wildman–Crippen MR) is 77.9 cm³/mol. The van der Waals surface area contributed by atoms with Crippen molar-refractivity contribution in [3.05, 3.63) is 45.6 Å². The fourth-order valence-electron chi connectivity index (χ4n) is 2.42. The van der Waals surface area contributed by atoms with Crippen LogP contribution in [0.2, 0.25) is 0 Å². The first kappa shape index (κ1) is 12.3. The summed E-state index contributed by atoms with van der Waals surface area (Å²) in [5, 5.41) is 13.7. The largest absolute Gasteiger partial charge is 0.452 e. The molecule has 0 unspecified atom stereocenters. The van der Waals surface area contributed by atoms with E-state index in [1.54, 1.807) is 18.7 Å². The number of hydrogen-bond donors (Lipinski definition) is 1. The Morgan fingerprint density at radius 2 is 2.14 bits per heavy atom. The average molecular weight is 298 g/mol. The van der Waals surface area contributed by atoms with Crippen LogP contribution in [0.15, 0.2) is 38.4 Å². The zero-order chi connectivity index (χ0) is 14.4. The maximum absolute atomic E-state index is 12.6. The molecule has 3 aromatic rings. The summed E-state index contributed by atoms with van der Waals surface area (Å²) in [5.41, 5.74) is 2.13. The van der Waals surface area contributed by atoms with Crippen LogP contribution in [0.25, 0.3) is 22.9 Å². The highest BCUT2D eigenvalue weighted by molar-refractivity contribution is 7.98. The van der Waals surface area contributed by atoms with Gasteiger partial charge in [0.05, 0.1) is 5.56 Å². The Kier molecular flexibility index (Phi) is 2.68. The summed E-state index contributed by atoms with van der Waals surface area (Å²) in [5.74, 6) is 1.89. The predicted octanol–water partition coefficient (Wildman–Crippen LogP) is 2.40. The maximum atomic E-state index is 12.6. The minimum Gasteiger partial charge on any atom is -0.452 e. The maximum Gasteiger partial charge on any atom is 0.240 e. The molecule has 0 saturated heterocycles. The second-order valence-electron chi connectivity index (χ2n) is 4.71. The van der Waals surface area contributed by atoms with E-state index in [1.165, 1.54) is 0 Å². The van der Waals surface area contributed by atoms with Crippen molar-refractivity contribution in [2.75, 3.05) is 0 Å². The standard InChI is InChI=1S/C14H10N4O2S/c1-7-11(19)9-6-21-10-5-3-2-4-8(10)13(9)20-12(7)14-15-17-18-16-14/h2-5H,6H2,1H3,(H,15,16,17,18). The highest BCUT2D eigenvalue weighted by atomic mass is 32.2. The molecular formula is C14H10N4O2S. The van der Waals surface area contributed by atoms with Crippen LogP contribution in [0, 0.1) is 6.92 Å². The molecule has 21 heavy (non-hydrogen) atoms. The van der Waals surface area contributed by atoms with Crippen LogP contribution in [-0.2, 0) is 5.75 Å². The van der Waals surface area contributed by atoms with Crippen LogP contribution >= 0.6 is 11.8 Å². The molecule has 1 aromatic carbocycles. The second-order valence-corrected chi connectivity index (χ2v) is 5.73. The minimum atomic E-state index is -0.0157. The molecule has 6 nitrogen and oxygen atoms in total. The Bertz CT molecular complexity index is 886. The van der Waals surface area contributed by atoms with E-state index in [0.29, 0.717) is 34.2 Å². The Hall–Kier alpha value is -2.41. The number of aromatic amines is 1. The lowest BCUT2D eigenvalue weighted by molar-refractivity contribution is 0.563. The van der Waals surface area contributed by atoms with Gasteiger partial charge in [-0.2, -0.15) is 5.21 Å². The molecule has 4 rings (SSSR count). The van der Waals surface area contributed by atoms with Crippen molar-refractivity contribution in [3.8, 4) is 22.9 Å². The number of nitrogens with one attached hydrogen (secondary N) is 1. The molecule has 0 spiro atoms. The number of fused-ring (bicyclic) bond motifs is 3. The highest BCUT2D eigenvalue weighted by Crippen LogP contribution is 2.41. The molecule has 2 aromatic heterocycles. The van der Waals surface area contributed by atoms with Gasteiger partial charge in [0.25, 0.3) is 0 Å². The summed E-state index contributed by atoms with van der Waals surface area (Å²) in [6.45, 7) is 1.73. The van der Waals surface area contributed by atoms with Crippen molar-refractivity contribution >= 4 is 11.8 Å². The lowest BCUT2D eigenvalue weighted by atomic mass is 10.0. The number of nitrogens with zero attached hydrogens (tertiary/aromatic N) is 3. The zero-order valence-corrected chi connectivity index (χ0v) is 11.9. The fraction of sp³-hybridized carbons (Fsp3) is 0.143. The van der Waals surface area contributed by atoms with E-state index in [-0.39, 0.29) is 5.43 Å². The number of tetrazole rings is 1. The van der Waals surface area contributed by atoms with E-state index >= 15 is 0 Å². The van der Waals surface area contributed by atoms with Crippen LogP contribution in [0.5, 0.6) is 0 Å². The summed E-state index contributed by atoms with van der Waals surface area (Å²) < 4.78 is 5.98. The average Bonchev–Trinajstić information content (AvgIpc) is 3.04. The molecule has 3 heterocycles. The van der Waals surface area contributed by atoms with Crippen LogP contribution < -0.4 is 5.43 Å². The SMILES string of the molecule is Cc1c(-c2nn[nH]n2)oc2c(c1=O)CSc1ccccc1-2. The third-order valence-corrected chi connectivity index (χ3v) is 4.59. The monoisotopic (exact) mass is 298 g/mol. The van der Waals surface area contributed by atoms with Crippen molar-refractivity contribution in [1.82, 2.24) is 20.6 Å². The normalized spacial score (nSPS) is 12.8. The third-order valence-electron chi connectivity index (χ3n) is 3.49. The minimum absolute atomic E-state index is 0.0157. The van der Waals surface area contributed by atoms with E-state index in [0.717, 1.165) is 10.5 Å². The molecule has 0 bridgehead atoms. The molecule has 1 aliphatic heterocycles. The quantitative estimate of drug-likeness (QED) is 0.742. The van der Waals surface area contributed by atoms with Crippen LogP contribution in [0.3, 0.4) is 0 Å². The number of H-pyrrole nitrogens is 1. The van der Waals surface area contributed by atoms with E-state index in [2.05, 4.69) is 20.6 Å². The molecule has 0 amide bonds. The van der Waals surface area contributed by atoms with Crippen molar-refractivity contribution < 1.29 is 4.42 Å². The van der Waals surface area contributed by atoms with Gasteiger partial charge < -0.3 is 4.42 Å². The van der Waals surface area contributed by atoms with Gasteiger partial charge in [-0.05, 0) is 18.2 Å². The fourth-order valence-corrected chi connectivity index (χ4v) is 3.48. The summed E-state index contributed by atoms with van der Waals surface area (Å²) in [6.07, 6.45) is 0. The number of benzene rings is 1. The molecule has 7 heteroatoms. The van der Waals surface area contributed by atoms with E-state index < -0.39 is 0 Å². The van der Waals surface area contributed by atoms with Crippen molar-refractivity contribution in [1.29, 1.82) is 0 Å². The van der Waals surface area contributed by atoms with Crippen LogP contribution in [-0.4, -0.2) is 20.6 Å². The number of rotatable bonds is 1. The molecule has 0 atom stereocenters. The Balaban J connectivity index is 2.05. The number of hydrogen-bond acceptors (Lipinski definition) is 6. The molecule has 104 valence electrons. The highest BCUT2D eigenvalue weighted by Gasteiger charge is 2.25. The van der Waals surface area contributed by atoms with Gasteiger partial charge in [-0.3, -0.25) is 4.79 Å². The summed E-state index contributed by atoms with van der Waals surface area (Å²) in [6, 6.07) is 7.89. The second kappa shape index (κ2) is 4.56. The molecule has 1 aliphatic rings. The molecule has 1 N–H and O–H groups in total. The first-order chi connectivity index (χ1) is 10.3. The first-order valence-electron chi connectivity index (χ1n) is 6.38. The topological polar surface area (TPSA) is 84.7 Å². The third kappa shape index (κ3) is 1.81. The molecule has 0 fully saturated rings. The van der Waals surface area contributed by atoms with Gasteiger partial charge >= 0.3 is 0 Å². The number of thioether (sulfide) groups is 1. The van der Waals surface area contributed by atoms with Gasteiger partial charge in [-0.1, -0.05) is 18.2 Å². The summed E-state index contributed by atoms with van der Waals surface area (Å²) in [7, 11) is 0. The summed E-state index contributed by atoms with van der Waals surface area (Å²) >= 11 is 1.65. The van der Waals surface area contributed by atoms with Gasteiger partial charge in [0.15, 0.2) is 11.2 Å². The van der Waals surface area contributed by atoms with Gasteiger partial charge in [0.1, 0.15) is 5.76 Å². The number of aromatic nitrogens is 4. The van der Waals surface area contributed by atoms with Gasteiger partial charge in [-0.15, -0.1) is 22.0 Å². The molecular weight excluding hydrogens is 288 g/mol. The van der Waals surface area contributed by atoms with E-state index in [4.69, 9.17) is 4.42 Å². The van der Waals surface area contributed by atoms with Crippen LogP contribution in [0.4, 0.5) is 0 Å². The zero-order valence-electron chi connectivity index (χ0n) is 11.1. The van der Waals surface area contributed by atoms with Crippen molar-refractivity contribution in [2.24, 2.45) is 0 Å². The Labute approximate surface area is 123 Å². The van der Waals surface area contributed by atoms with Crippen LogP contribution in [0.1, 0.15) is 11.1 Å². The van der Waals surface area contributed by atoms with Gasteiger partial charge in [0, 0.05) is 21.8 Å².